The number of anilines is 2. The highest BCUT2D eigenvalue weighted by molar-refractivity contribution is 7.92. The number of carbonyl (C=O) groups is 1. The van der Waals surface area contributed by atoms with Gasteiger partial charge in [0, 0.05) is 22.0 Å². The molecular weight excluding hydrogens is 1080 g/mol. The van der Waals surface area contributed by atoms with Crippen molar-refractivity contribution in [3.63, 3.8) is 0 Å². The standard InChI is InChI=1S/C34H32N6O23S7/c41-33-25-9-11-28(35-19-66(47,48)49)31(39-38-27-10-8-24(17-29(27)67(50,51)52)65(45,46)15-13-63-70(59,60)61)26(25)18-30(68(53,54)55)32(33)40-37-21-6-4-20(5-7-21)34(42)36-22-2-1-3-23(16-22)64(43,44)14-12-62-69(56,57)58/h1-11,16-18,35,41H,12-15,19H2,(H,36,42)(H,47,48,49)(H,50,51,52)(H,53,54,55)(H,56,57,58)(H,59,60,61). The number of sulfone groups is 2. The zero-order valence-electron chi connectivity index (χ0n) is 34.4. The molecule has 29 nitrogen and oxygen atoms in total. The predicted octanol–water partition coefficient (Wildman–Crippen LogP) is 3.57. The second kappa shape index (κ2) is 20.8. The highest BCUT2D eigenvalue weighted by Gasteiger charge is 2.27. The maximum absolute atomic E-state index is 13.0. The van der Waals surface area contributed by atoms with Gasteiger partial charge < -0.3 is 15.7 Å². The number of hydrogen-bond donors (Lipinski definition) is 8. The summed E-state index contributed by atoms with van der Waals surface area (Å²) in [5, 5.41) is 30.3. The van der Waals surface area contributed by atoms with Gasteiger partial charge in [-0.25, -0.2) is 25.2 Å². The first-order valence-electron chi connectivity index (χ1n) is 18.3. The molecule has 5 aromatic carbocycles. The number of aromatic hydroxyl groups is 1. The van der Waals surface area contributed by atoms with Crippen LogP contribution >= 0.6 is 0 Å². The van der Waals surface area contributed by atoms with Crippen molar-refractivity contribution in [3.8, 4) is 5.75 Å². The minimum atomic E-state index is -5.41. The molecular formula is C34H32N6O23S7. The molecule has 1 amide bonds. The lowest BCUT2D eigenvalue weighted by molar-refractivity contribution is 0.102. The Bertz CT molecular complexity index is 3780. The van der Waals surface area contributed by atoms with Gasteiger partial charge in [0.05, 0.1) is 45.9 Å². The largest absolute Gasteiger partial charge is 0.505 e. The molecule has 70 heavy (non-hydrogen) atoms. The van der Waals surface area contributed by atoms with Crippen LogP contribution in [0.3, 0.4) is 0 Å². The summed E-state index contributed by atoms with van der Waals surface area (Å²) >= 11 is 0. The number of hydrogen-bond acceptors (Lipinski definition) is 23. The molecule has 0 radical (unpaired) electrons. The van der Waals surface area contributed by atoms with Crippen molar-refractivity contribution in [2.24, 2.45) is 20.5 Å². The number of azo groups is 2. The summed E-state index contributed by atoms with van der Waals surface area (Å²) in [5.41, 5.74) is -2.99. The molecule has 5 aromatic rings. The van der Waals surface area contributed by atoms with Gasteiger partial charge in [-0.2, -0.15) is 47.2 Å². The molecule has 0 saturated heterocycles. The number of nitrogens with zero attached hydrogens (tertiary/aromatic N) is 4. The second-order valence-corrected chi connectivity index (χ2v) is 24.3. The van der Waals surface area contributed by atoms with Gasteiger partial charge in [0.25, 0.3) is 36.3 Å². The van der Waals surface area contributed by atoms with Gasteiger partial charge in [0.1, 0.15) is 32.7 Å². The number of nitrogens with one attached hydrogen (secondary N) is 2. The van der Waals surface area contributed by atoms with Gasteiger partial charge in [-0.1, -0.05) is 6.07 Å². The van der Waals surface area contributed by atoms with Crippen LogP contribution in [0.1, 0.15) is 10.4 Å². The average Bonchev–Trinajstić information content (AvgIpc) is 3.22. The van der Waals surface area contributed by atoms with Crippen LogP contribution in [-0.4, -0.2) is 123 Å². The number of rotatable bonds is 21. The molecule has 0 atom stereocenters. The van der Waals surface area contributed by atoms with Crippen LogP contribution in [0.4, 0.5) is 34.1 Å². The highest BCUT2D eigenvalue weighted by Crippen LogP contribution is 2.47. The Morgan fingerprint density at radius 2 is 1.11 bits per heavy atom. The summed E-state index contributed by atoms with van der Waals surface area (Å²) < 4.78 is 223. The molecule has 36 heteroatoms. The van der Waals surface area contributed by atoms with E-state index >= 15 is 0 Å². The number of phenolic OH excluding ortho intramolecular Hbond substituents is 1. The number of amides is 1. The van der Waals surface area contributed by atoms with E-state index in [2.05, 4.69) is 39.5 Å². The van der Waals surface area contributed by atoms with Crippen LogP contribution in [0.25, 0.3) is 10.8 Å². The Morgan fingerprint density at radius 1 is 0.557 bits per heavy atom. The molecule has 0 heterocycles. The van der Waals surface area contributed by atoms with Crippen molar-refractivity contribution in [1.29, 1.82) is 0 Å². The summed E-state index contributed by atoms with van der Waals surface area (Å²) in [6, 6.07) is 14.1. The molecule has 0 saturated carbocycles. The van der Waals surface area contributed by atoms with Crippen LogP contribution in [0.2, 0.25) is 0 Å². The summed E-state index contributed by atoms with van der Waals surface area (Å²) in [6.45, 7) is -2.02. The number of fused-ring (bicyclic) bond motifs is 1. The average molecular weight is 1120 g/mol. The fraction of sp³-hybridized carbons (Fsp3) is 0.147. The Balaban J connectivity index is 1.51. The number of phenols is 1. The minimum Gasteiger partial charge on any atom is -0.505 e. The van der Waals surface area contributed by atoms with E-state index in [1.165, 1.54) is 36.4 Å². The van der Waals surface area contributed by atoms with Crippen LogP contribution in [0, 0.1) is 0 Å². The smallest absolute Gasteiger partial charge is 0.397 e. The molecule has 0 spiro atoms. The van der Waals surface area contributed by atoms with Gasteiger partial charge in [-0.3, -0.25) is 27.6 Å². The zero-order chi connectivity index (χ0) is 52.3. The molecule has 0 aromatic heterocycles. The van der Waals surface area contributed by atoms with Crippen LogP contribution in [-0.2, 0) is 79.2 Å². The van der Waals surface area contributed by atoms with Crippen LogP contribution in [0.5, 0.6) is 5.75 Å². The minimum absolute atomic E-state index is 0.0162. The lowest BCUT2D eigenvalue weighted by Crippen LogP contribution is -2.16. The van der Waals surface area contributed by atoms with Gasteiger partial charge >= 0.3 is 20.8 Å². The monoisotopic (exact) mass is 1120 g/mol. The summed E-state index contributed by atoms with van der Waals surface area (Å²) in [5.74, 6) is -5.05. The predicted molar refractivity (Wildman–Crippen MR) is 240 cm³/mol. The maximum atomic E-state index is 13.0. The normalized spacial score (nSPS) is 13.3. The molecule has 0 aliphatic carbocycles. The number of benzene rings is 5. The van der Waals surface area contributed by atoms with Gasteiger partial charge in [-0.15, -0.1) is 15.3 Å². The zero-order valence-corrected chi connectivity index (χ0v) is 40.1. The van der Waals surface area contributed by atoms with Crippen molar-refractivity contribution in [3.05, 3.63) is 90.5 Å². The van der Waals surface area contributed by atoms with E-state index in [9.17, 15) is 82.5 Å². The summed E-state index contributed by atoms with van der Waals surface area (Å²) in [7, 11) is -34.4. The van der Waals surface area contributed by atoms with E-state index in [4.69, 9.17) is 9.11 Å². The molecule has 0 fully saturated rings. The third kappa shape index (κ3) is 15.0. The van der Waals surface area contributed by atoms with Crippen LogP contribution in [0.15, 0.2) is 125 Å². The Morgan fingerprint density at radius 3 is 1.66 bits per heavy atom. The molecule has 0 unspecified atom stereocenters. The molecule has 0 aliphatic heterocycles. The van der Waals surface area contributed by atoms with E-state index < -0.39 is 156 Å². The summed E-state index contributed by atoms with van der Waals surface area (Å²) in [6.07, 6.45) is 0. The van der Waals surface area contributed by atoms with E-state index in [-0.39, 0.29) is 27.2 Å². The quantitative estimate of drug-likeness (QED) is 0.0384. The molecule has 5 rings (SSSR count). The Hall–Kier alpha value is -6.00. The first kappa shape index (κ1) is 54.9. The van der Waals surface area contributed by atoms with Crippen molar-refractivity contribution >= 4 is 122 Å². The number of carbonyl (C=O) groups excluding carboxylic acids is 1. The van der Waals surface area contributed by atoms with E-state index in [0.29, 0.717) is 18.2 Å². The Labute approximate surface area is 396 Å². The van der Waals surface area contributed by atoms with E-state index in [1.54, 1.807) is 0 Å². The third-order valence-corrected chi connectivity index (χ3v) is 15.3. The fourth-order valence-corrected chi connectivity index (χ4v) is 10.4. The van der Waals surface area contributed by atoms with Gasteiger partial charge in [0.15, 0.2) is 25.4 Å². The van der Waals surface area contributed by atoms with Crippen molar-refractivity contribution < 1.29 is 100.0 Å². The molecule has 378 valence electrons. The Kier molecular flexibility index (Phi) is 16.3. The first-order valence-corrected chi connectivity index (χ1v) is 28.8. The summed E-state index contributed by atoms with van der Waals surface area (Å²) in [4.78, 5) is 9.42. The topological polar surface area (TPSA) is 469 Å². The van der Waals surface area contributed by atoms with Crippen molar-refractivity contribution in [2.75, 3.05) is 41.2 Å². The maximum Gasteiger partial charge on any atom is 0.397 e. The van der Waals surface area contributed by atoms with Crippen molar-refractivity contribution in [2.45, 2.75) is 19.6 Å². The molecule has 0 aliphatic rings. The third-order valence-electron chi connectivity index (χ3n) is 8.77. The van der Waals surface area contributed by atoms with E-state index in [0.717, 1.165) is 30.3 Å². The lowest BCUT2D eigenvalue weighted by atomic mass is 10.1. The van der Waals surface area contributed by atoms with Crippen LogP contribution < -0.4 is 10.6 Å². The fourth-order valence-electron chi connectivity index (χ4n) is 5.69. The second-order valence-electron chi connectivity index (χ2n) is 13.7. The molecule has 8 N–H and O–H groups in total. The first-order chi connectivity index (χ1) is 32.1. The SMILES string of the molecule is O=C(Nc1cccc(S(=O)(=O)CCOS(=O)(=O)O)c1)c1ccc(N=Nc2c(S(=O)(=O)O)cc3c(N=Nc4ccc(S(=O)(=O)CCOS(=O)(=O)O)cc4S(=O)(=O)O)c(NCS(=O)(=O)O)ccc3c2O)cc1. The molecule has 0 bridgehead atoms. The van der Waals surface area contributed by atoms with E-state index in [1.807, 2.05) is 0 Å². The lowest BCUT2D eigenvalue weighted by Gasteiger charge is -2.14. The van der Waals surface area contributed by atoms with Gasteiger partial charge in [0.2, 0.25) is 0 Å². The van der Waals surface area contributed by atoms with Crippen molar-refractivity contribution in [1.82, 2.24) is 0 Å². The van der Waals surface area contributed by atoms with Gasteiger partial charge in [-0.05, 0) is 78.9 Å². The highest BCUT2D eigenvalue weighted by atomic mass is 32.3.